The minimum atomic E-state index is 0.186. The number of carbonyl (C=O) groups excluding carboxylic acids is 1. The Bertz CT molecular complexity index is 734. The zero-order valence-corrected chi connectivity index (χ0v) is 13.7. The van der Waals surface area contributed by atoms with Crippen LogP contribution in [0, 0.1) is 6.92 Å². The van der Waals surface area contributed by atoms with Crippen LogP contribution in [0.25, 0.3) is 0 Å². The van der Waals surface area contributed by atoms with Crippen molar-refractivity contribution in [3.63, 3.8) is 0 Å². The number of rotatable bonds is 3. The van der Waals surface area contributed by atoms with E-state index < -0.39 is 0 Å². The standard InChI is InChI=1S/C19H23N3O/c1-14-11-20-21(12-14)13-18-6-3-9-22(18)19(23)17-8-7-15-4-2-5-16(15)10-17/h7-8,10-12,18H,2-6,9,13H2,1H3/t18-/m1/s1. The number of aromatic nitrogens is 2. The second-order valence-corrected chi connectivity index (χ2v) is 6.87. The van der Waals surface area contributed by atoms with Gasteiger partial charge in [0.2, 0.25) is 0 Å². The van der Waals surface area contributed by atoms with Gasteiger partial charge in [-0.1, -0.05) is 6.07 Å². The van der Waals surface area contributed by atoms with E-state index in [9.17, 15) is 4.79 Å². The Morgan fingerprint density at radius 1 is 1.26 bits per heavy atom. The third-order valence-corrected chi connectivity index (χ3v) is 5.14. The van der Waals surface area contributed by atoms with Gasteiger partial charge in [-0.25, -0.2) is 0 Å². The summed E-state index contributed by atoms with van der Waals surface area (Å²) in [6, 6.07) is 6.55. The molecule has 2 aromatic rings. The SMILES string of the molecule is Cc1cnn(C[C@H]2CCCN2C(=O)c2ccc3c(c2)CCC3)c1. The summed E-state index contributed by atoms with van der Waals surface area (Å²) in [5.41, 5.74) is 4.81. The molecule has 2 aliphatic rings. The smallest absolute Gasteiger partial charge is 0.254 e. The van der Waals surface area contributed by atoms with Crippen LogP contribution in [-0.4, -0.2) is 33.2 Å². The normalized spacial score (nSPS) is 20.0. The number of nitrogens with zero attached hydrogens (tertiary/aromatic N) is 3. The predicted octanol–water partition coefficient (Wildman–Crippen LogP) is 2.99. The Morgan fingerprint density at radius 3 is 2.96 bits per heavy atom. The lowest BCUT2D eigenvalue weighted by molar-refractivity contribution is 0.0721. The molecule has 0 saturated carbocycles. The highest BCUT2D eigenvalue weighted by molar-refractivity contribution is 5.95. The Kier molecular flexibility index (Phi) is 3.68. The zero-order valence-electron chi connectivity index (χ0n) is 13.7. The number of amides is 1. The fraction of sp³-hybridized carbons (Fsp3) is 0.474. The van der Waals surface area contributed by atoms with E-state index in [1.54, 1.807) is 0 Å². The van der Waals surface area contributed by atoms with Crippen molar-refractivity contribution in [2.75, 3.05) is 6.54 Å². The van der Waals surface area contributed by atoms with Gasteiger partial charge in [0.25, 0.3) is 5.91 Å². The van der Waals surface area contributed by atoms with Gasteiger partial charge >= 0.3 is 0 Å². The fourth-order valence-corrected chi connectivity index (χ4v) is 3.95. The Morgan fingerprint density at radius 2 is 2.13 bits per heavy atom. The number of hydrogen-bond acceptors (Lipinski definition) is 2. The molecular weight excluding hydrogens is 286 g/mol. The topological polar surface area (TPSA) is 38.1 Å². The molecule has 1 fully saturated rings. The molecule has 1 amide bonds. The Labute approximate surface area is 137 Å². The van der Waals surface area contributed by atoms with E-state index in [4.69, 9.17) is 0 Å². The van der Waals surface area contributed by atoms with Crippen molar-refractivity contribution in [2.45, 2.75) is 51.6 Å². The maximum Gasteiger partial charge on any atom is 0.254 e. The van der Waals surface area contributed by atoms with Gasteiger partial charge < -0.3 is 4.90 Å². The summed E-state index contributed by atoms with van der Waals surface area (Å²) >= 11 is 0. The second kappa shape index (κ2) is 5.84. The number of likely N-dealkylation sites (tertiary alicyclic amines) is 1. The molecule has 1 atom stereocenters. The van der Waals surface area contributed by atoms with Crippen LogP contribution in [0.15, 0.2) is 30.6 Å². The molecule has 4 heteroatoms. The van der Waals surface area contributed by atoms with Crippen molar-refractivity contribution >= 4 is 5.91 Å². The Hall–Kier alpha value is -2.10. The predicted molar refractivity (Wildman–Crippen MR) is 89.5 cm³/mol. The molecule has 23 heavy (non-hydrogen) atoms. The summed E-state index contributed by atoms with van der Waals surface area (Å²) in [5.74, 6) is 0.186. The summed E-state index contributed by atoms with van der Waals surface area (Å²) in [4.78, 5) is 15.0. The molecule has 4 rings (SSSR count). The first-order chi connectivity index (χ1) is 11.2. The molecular formula is C19H23N3O. The maximum absolute atomic E-state index is 12.9. The van der Waals surface area contributed by atoms with E-state index in [2.05, 4.69) is 23.4 Å². The molecule has 0 N–H and O–H groups in total. The van der Waals surface area contributed by atoms with Crippen LogP contribution in [0.1, 0.15) is 46.3 Å². The van der Waals surface area contributed by atoms with Gasteiger partial charge in [-0.2, -0.15) is 5.10 Å². The van der Waals surface area contributed by atoms with Gasteiger partial charge in [0.05, 0.1) is 18.8 Å². The molecule has 4 nitrogen and oxygen atoms in total. The molecule has 0 radical (unpaired) electrons. The monoisotopic (exact) mass is 309 g/mol. The van der Waals surface area contributed by atoms with Crippen LogP contribution < -0.4 is 0 Å². The summed E-state index contributed by atoms with van der Waals surface area (Å²) in [6.45, 7) is 3.71. The van der Waals surface area contributed by atoms with Crippen molar-refractivity contribution in [1.82, 2.24) is 14.7 Å². The first kappa shape index (κ1) is 14.5. The molecule has 120 valence electrons. The van der Waals surface area contributed by atoms with Crippen molar-refractivity contribution in [3.05, 3.63) is 52.8 Å². The number of benzene rings is 1. The van der Waals surface area contributed by atoms with Gasteiger partial charge in [0.15, 0.2) is 0 Å². The van der Waals surface area contributed by atoms with Crippen LogP contribution in [0.2, 0.25) is 0 Å². The largest absolute Gasteiger partial charge is 0.334 e. The van der Waals surface area contributed by atoms with E-state index in [-0.39, 0.29) is 11.9 Å². The van der Waals surface area contributed by atoms with Crippen LogP contribution in [0.4, 0.5) is 0 Å². The lowest BCUT2D eigenvalue weighted by Crippen LogP contribution is -2.38. The van der Waals surface area contributed by atoms with E-state index in [0.29, 0.717) is 0 Å². The lowest BCUT2D eigenvalue weighted by atomic mass is 10.1. The first-order valence-electron chi connectivity index (χ1n) is 8.62. The lowest BCUT2D eigenvalue weighted by Gasteiger charge is -2.25. The van der Waals surface area contributed by atoms with E-state index in [0.717, 1.165) is 44.3 Å². The molecule has 0 bridgehead atoms. The molecule has 1 aliphatic heterocycles. The van der Waals surface area contributed by atoms with E-state index >= 15 is 0 Å². The summed E-state index contributed by atoms with van der Waals surface area (Å²) < 4.78 is 1.97. The van der Waals surface area contributed by atoms with Crippen LogP contribution in [-0.2, 0) is 19.4 Å². The Balaban J connectivity index is 1.52. The van der Waals surface area contributed by atoms with Gasteiger partial charge in [-0.3, -0.25) is 9.48 Å². The number of fused-ring (bicyclic) bond motifs is 1. The summed E-state index contributed by atoms with van der Waals surface area (Å²) in [5, 5.41) is 4.37. The van der Waals surface area contributed by atoms with Gasteiger partial charge in [-0.05, 0) is 67.9 Å². The van der Waals surface area contributed by atoms with Crippen molar-refractivity contribution in [1.29, 1.82) is 0 Å². The second-order valence-electron chi connectivity index (χ2n) is 6.87. The highest BCUT2D eigenvalue weighted by Crippen LogP contribution is 2.26. The van der Waals surface area contributed by atoms with Gasteiger partial charge in [-0.15, -0.1) is 0 Å². The van der Waals surface area contributed by atoms with Crippen LogP contribution >= 0.6 is 0 Å². The number of hydrogen-bond donors (Lipinski definition) is 0. The van der Waals surface area contributed by atoms with Crippen molar-refractivity contribution < 1.29 is 4.79 Å². The van der Waals surface area contributed by atoms with E-state index in [1.807, 2.05) is 28.8 Å². The zero-order chi connectivity index (χ0) is 15.8. The van der Waals surface area contributed by atoms with Gasteiger partial charge in [0.1, 0.15) is 0 Å². The van der Waals surface area contributed by atoms with Crippen molar-refractivity contribution in [3.8, 4) is 0 Å². The molecule has 0 spiro atoms. The third kappa shape index (κ3) is 2.78. The molecule has 1 aromatic heterocycles. The van der Waals surface area contributed by atoms with Gasteiger partial charge in [0, 0.05) is 18.3 Å². The quantitative estimate of drug-likeness (QED) is 0.874. The summed E-state index contributed by atoms with van der Waals surface area (Å²) in [6.07, 6.45) is 9.58. The van der Waals surface area contributed by atoms with Crippen LogP contribution in [0.3, 0.4) is 0 Å². The van der Waals surface area contributed by atoms with E-state index in [1.165, 1.54) is 23.1 Å². The summed E-state index contributed by atoms with van der Waals surface area (Å²) in [7, 11) is 0. The number of aryl methyl sites for hydroxylation is 3. The fourth-order valence-electron chi connectivity index (χ4n) is 3.95. The highest BCUT2D eigenvalue weighted by atomic mass is 16.2. The van der Waals surface area contributed by atoms with Crippen molar-refractivity contribution in [2.24, 2.45) is 0 Å². The van der Waals surface area contributed by atoms with Crippen LogP contribution in [0.5, 0.6) is 0 Å². The number of carbonyl (C=O) groups is 1. The highest BCUT2D eigenvalue weighted by Gasteiger charge is 2.30. The third-order valence-electron chi connectivity index (χ3n) is 5.14. The minimum Gasteiger partial charge on any atom is -0.334 e. The molecule has 0 unspecified atom stereocenters. The molecule has 1 aliphatic carbocycles. The maximum atomic E-state index is 12.9. The average molecular weight is 309 g/mol. The first-order valence-corrected chi connectivity index (χ1v) is 8.62. The molecule has 1 aromatic carbocycles. The molecule has 2 heterocycles. The average Bonchev–Trinajstić information content (AvgIpc) is 3.27. The molecule has 1 saturated heterocycles. The minimum absolute atomic E-state index is 0.186.